The SMILES string of the molecule is CN=C(NCCc1c[nH]c2ccc(Cl)cc12)NCC1CC1.I. The van der Waals surface area contributed by atoms with E-state index in [1.807, 2.05) is 25.2 Å². The third kappa shape index (κ3) is 4.52. The Labute approximate surface area is 153 Å². The Morgan fingerprint density at radius 1 is 1.36 bits per heavy atom. The van der Waals surface area contributed by atoms with Crippen molar-refractivity contribution in [2.75, 3.05) is 20.1 Å². The minimum atomic E-state index is 0. The van der Waals surface area contributed by atoms with Gasteiger partial charge in [-0.25, -0.2) is 0 Å². The molecule has 0 unspecified atom stereocenters. The second-order valence-electron chi connectivity index (χ2n) is 5.58. The number of H-pyrrole nitrogens is 1. The number of rotatable bonds is 5. The summed E-state index contributed by atoms with van der Waals surface area (Å²) in [5.41, 5.74) is 2.41. The molecule has 1 fully saturated rings. The lowest BCUT2D eigenvalue weighted by atomic mass is 10.1. The molecule has 1 aliphatic carbocycles. The molecule has 3 N–H and O–H groups in total. The van der Waals surface area contributed by atoms with E-state index >= 15 is 0 Å². The Bertz CT molecular complexity index is 649. The smallest absolute Gasteiger partial charge is 0.190 e. The molecular formula is C16H22ClIN4. The van der Waals surface area contributed by atoms with Crippen molar-refractivity contribution in [3.05, 3.63) is 35.0 Å². The zero-order valence-corrected chi connectivity index (χ0v) is 15.7. The van der Waals surface area contributed by atoms with E-state index in [1.165, 1.54) is 23.8 Å². The molecule has 0 saturated heterocycles. The Hall–Kier alpha value is -0.950. The first-order chi connectivity index (χ1) is 10.3. The number of aromatic nitrogens is 1. The molecule has 22 heavy (non-hydrogen) atoms. The van der Waals surface area contributed by atoms with Gasteiger partial charge in [0.25, 0.3) is 0 Å². The van der Waals surface area contributed by atoms with Crippen LogP contribution in [0.25, 0.3) is 10.9 Å². The fourth-order valence-corrected chi connectivity index (χ4v) is 2.63. The molecule has 0 radical (unpaired) electrons. The van der Waals surface area contributed by atoms with Gasteiger partial charge in [0.2, 0.25) is 0 Å². The molecule has 0 atom stereocenters. The van der Waals surface area contributed by atoms with Crippen LogP contribution in [-0.2, 0) is 6.42 Å². The maximum atomic E-state index is 6.07. The van der Waals surface area contributed by atoms with E-state index in [1.54, 1.807) is 0 Å². The van der Waals surface area contributed by atoms with Gasteiger partial charge in [-0.3, -0.25) is 4.99 Å². The first-order valence-electron chi connectivity index (χ1n) is 7.46. The lowest BCUT2D eigenvalue weighted by Crippen LogP contribution is -2.39. The van der Waals surface area contributed by atoms with Crippen LogP contribution in [0.1, 0.15) is 18.4 Å². The highest BCUT2D eigenvalue weighted by atomic mass is 127. The molecule has 1 aromatic heterocycles. The fourth-order valence-electron chi connectivity index (χ4n) is 2.46. The molecule has 1 aliphatic rings. The Kier molecular flexibility index (Phi) is 6.37. The Morgan fingerprint density at radius 3 is 2.91 bits per heavy atom. The molecule has 1 heterocycles. The van der Waals surface area contributed by atoms with Gasteiger partial charge in [0.1, 0.15) is 0 Å². The number of nitrogens with zero attached hydrogens (tertiary/aromatic N) is 1. The van der Waals surface area contributed by atoms with E-state index in [4.69, 9.17) is 11.6 Å². The number of aromatic amines is 1. The van der Waals surface area contributed by atoms with E-state index in [2.05, 4.69) is 26.8 Å². The maximum absolute atomic E-state index is 6.07. The van der Waals surface area contributed by atoms with Gasteiger partial charge in [-0.2, -0.15) is 0 Å². The van der Waals surface area contributed by atoms with Crippen LogP contribution in [0, 0.1) is 5.92 Å². The zero-order valence-electron chi connectivity index (χ0n) is 12.7. The third-order valence-electron chi connectivity index (χ3n) is 3.89. The highest BCUT2D eigenvalue weighted by Gasteiger charge is 2.20. The van der Waals surface area contributed by atoms with Crippen molar-refractivity contribution in [1.82, 2.24) is 15.6 Å². The van der Waals surface area contributed by atoms with Gasteiger partial charge in [0, 0.05) is 42.3 Å². The molecule has 1 aromatic carbocycles. The summed E-state index contributed by atoms with van der Waals surface area (Å²) in [7, 11) is 1.81. The Balaban J connectivity index is 0.00000176. The largest absolute Gasteiger partial charge is 0.361 e. The van der Waals surface area contributed by atoms with Gasteiger partial charge in [-0.1, -0.05) is 11.6 Å². The van der Waals surface area contributed by atoms with Crippen LogP contribution < -0.4 is 10.6 Å². The number of hydrogen-bond donors (Lipinski definition) is 3. The van der Waals surface area contributed by atoms with Gasteiger partial charge >= 0.3 is 0 Å². The predicted molar refractivity (Wildman–Crippen MR) is 105 cm³/mol. The summed E-state index contributed by atoms with van der Waals surface area (Å²) in [4.78, 5) is 7.53. The number of hydrogen-bond acceptors (Lipinski definition) is 1. The molecule has 0 amide bonds. The van der Waals surface area contributed by atoms with Crippen LogP contribution in [0.4, 0.5) is 0 Å². The molecular weight excluding hydrogens is 411 g/mol. The standard InChI is InChI=1S/C16H21ClN4.HI/c1-18-16(21-9-11-2-3-11)19-7-6-12-10-20-15-5-4-13(17)8-14(12)15;/h4-5,8,10-11,20H,2-3,6-7,9H2,1H3,(H2,18,19,21);1H. The second kappa shape index (κ2) is 8.06. The number of guanidine groups is 1. The summed E-state index contributed by atoms with van der Waals surface area (Å²) in [5.74, 6) is 1.74. The van der Waals surface area contributed by atoms with Crippen LogP contribution >= 0.6 is 35.6 Å². The van der Waals surface area contributed by atoms with Gasteiger partial charge in [-0.15, -0.1) is 24.0 Å². The van der Waals surface area contributed by atoms with Crippen LogP contribution in [0.3, 0.4) is 0 Å². The van der Waals surface area contributed by atoms with Crippen molar-refractivity contribution in [2.24, 2.45) is 10.9 Å². The molecule has 1 saturated carbocycles. The molecule has 120 valence electrons. The monoisotopic (exact) mass is 432 g/mol. The number of aliphatic imine (C=N–C) groups is 1. The summed E-state index contributed by atoms with van der Waals surface area (Å²) >= 11 is 6.07. The number of benzene rings is 1. The predicted octanol–water partition coefficient (Wildman–Crippen LogP) is 3.56. The molecule has 2 aromatic rings. The van der Waals surface area contributed by atoms with Crippen LogP contribution in [0.5, 0.6) is 0 Å². The van der Waals surface area contributed by atoms with Gasteiger partial charge in [0.05, 0.1) is 0 Å². The van der Waals surface area contributed by atoms with Crippen molar-refractivity contribution >= 4 is 52.4 Å². The summed E-state index contributed by atoms with van der Waals surface area (Å²) < 4.78 is 0. The summed E-state index contributed by atoms with van der Waals surface area (Å²) in [6.45, 7) is 1.88. The third-order valence-corrected chi connectivity index (χ3v) is 4.13. The number of halogens is 2. The quantitative estimate of drug-likeness (QED) is 0.384. The number of fused-ring (bicyclic) bond motifs is 1. The second-order valence-corrected chi connectivity index (χ2v) is 6.01. The average Bonchev–Trinajstić information content (AvgIpc) is 3.24. The fraction of sp³-hybridized carbons (Fsp3) is 0.438. The summed E-state index contributed by atoms with van der Waals surface area (Å²) in [5, 5.41) is 8.71. The van der Waals surface area contributed by atoms with E-state index in [-0.39, 0.29) is 24.0 Å². The highest BCUT2D eigenvalue weighted by molar-refractivity contribution is 14.0. The van der Waals surface area contributed by atoms with Crippen molar-refractivity contribution in [3.8, 4) is 0 Å². The molecule has 0 bridgehead atoms. The lowest BCUT2D eigenvalue weighted by molar-refractivity contribution is 0.735. The minimum Gasteiger partial charge on any atom is -0.361 e. The number of nitrogens with one attached hydrogen (secondary N) is 3. The molecule has 3 rings (SSSR count). The molecule has 0 spiro atoms. The van der Waals surface area contributed by atoms with E-state index in [9.17, 15) is 0 Å². The summed E-state index contributed by atoms with van der Waals surface area (Å²) in [6.07, 6.45) is 5.69. The minimum absolute atomic E-state index is 0. The van der Waals surface area contributed by atoms with Crippen LogP contribution in [-0.4, -0.2) is 31.1 Å². The van der Waals surface area contributed by atoms with Crippen LogP contribution in [0.2, 0.25) is 5.02 Å². The maximum Gasteiger partial charge on any atom is 0.190 e. The van der Waals surface area contributed by atoms with E-state index < -0.39 is 0 Å². The average molecular weight is 433 g/mol. The topological polar surface area (TPSA) is 52.2 Å². The van der Waals surface area contributed by atoms with E-state index in [0.29, 0.717) is 0 Å². The van der Waals surface area contributed by atoms with Crippen molar-refractivity contribution in [2.45, 2.75) is 19.3 Å². The molecule has 4 nitrogen and oxygen atoms in total. The van der Waals surface area contributed by atoms with Gasteiger partial charge in [-0.05, 0) is 48.9 Å². The normalized spacial score (nSPS) is 14.7. The molecule has 6 heteroatoms. The van der Waals surface area contributed by atoms with Crippen molar-refractivity contribution in [3.63, 3.8) is 0 Å². The van der Waals surface area contributed by atoms with Gasteiger partial charge in [0.15, 0.2) is 5.96 Å². The van der Waals surface area contributed by atoms with Gasteiger partial charge < -0.3 is 15.6 Å². The first kappa shape index (κ1) is 17.4. The zero-order chi connectivity index (χ0) is 14.7. The van der Waals surface area contributed by atoms with E-state index in [0.717, 1.165) is 41.9 Å². The molecule has 0 aliphatic heterocycles. The van der Waals surface area contributed by atoms with Crippen molar-refractivity contribution < 1.29 is 0 Å². The summed E-state index contributed by atoms with van der Waals surface area (Å²) in [6, 6.07) is 5.94. The van der Waals surface area contributed by atoms with Crippen LogP contribution in [0.15, 0.2) is 29.4 Å². The van der Waals surface area contributed by atoms with Crippen molar-refractivity contribution in [1.29, 1.82) is 0 Å². The Morgan fingerprint density at radius 2 is 2.18 bits per heavy atom. The lowest BCUT2D eigenvalue weighted by Gasteiger charge is -2.11. The highest BCUT2D eigenvalue weighted by Crippen LogP contribution is 2.27. The first-order valence-corrected chi connectivity index (χ1v) is 7.84.